The van der Waals surface area contributed by atoms with E-state index in [0.717, 1.165) is 19.4 Å². The molecule has 2 fully saturated rings. The van der Waals surface area contributed by atoms with Gasteiger partial charge >= 0.3 is 5.97 Å². The van der Waals surface area contributed by atoms with Crippen LogP contribution in [-0.2, 0) is 0 Å². The number of carboxylic acid groups (broad SMARTS) is 1. The van der Waals surface area contributed by atoms with E-state index in [1.807, 2.05) is 18.7 Å². The molecule has 0 aromatic carbocycles. The molecule has 0 amide bonds. The topological polar surface area (TPSA) is 86.5 Å². The molecule has 2 aliphatic rings. The van der Waals surface area contributed by atoms with Gasteiger partial charge in [-0.1, -0.05) is 13.8 Å². The average molecular weight is 291 g/mol. The van der Waals surface area contributed by atoms with E-state index < -0.39 is 5.97 Å². The average Bonchev–Trinajstić information content (AvgIpc) is 3.00. The van der Waals surface area contributed by atoms with Crippen LogP contribution in [0.4, 0.5) is 5.69 Å². The zero-order valence-electron chi connectivity index (χ0n) is 12.4. The molecule has 1 aliphatic heterocycles. The zero-order chi connectivity index (χ0) is 15.1. The lowest BCUT2D eigenvalue weighted by Gasteiger charge is -2.22. The van der Waals surface area contributed by atoms with Crippen molar-refractivity contribution in [1.82, 2.24) is 9.97 Å². The maximum Gasteiger partial charge on any atom is 0.356 e. The maximum absolute atomic E-state index is 11.5. The summed E-state index contributed by atoms with van der Waals surface area (Å²) >= 11 is 0. The van der Waals surface area contributed by atoms with Crippen molar-refractivity contribution in [3.05, 3.63) is 17.7 Å². The van der Waals surface area contributed by atoms with Gasteiger partial charge in [0.1, 0.15) is 5.82 Å². The molecule has 3 unspecified atom stereocenters. The molecule has 3 rings (SSSR count). The van der Waals surface area contributed by atoms with E-state index in [1.54, 1.807) is 6.20 Å². The standard InChI is InChI=1S/C15H21N3O3/c1-8(2)14-16-5-11(13(17-14)15(20)21)18-6-9-3-4-12(19)10(9)7-18/h5,8-10,12,19H,3-4,6-7H2,1-2H3,(H,20,21). The Morgan fingerprint density at radius 2 is 2.14 bits per heavy atom. The van der Waals surface area contributed by atoms with Crippen LogP contribution in [0.3, 0.4) is 0 Å². The predicted octanol–water partition coefficient (Wildman–Crippen LogP) is 1.51. The number of aromatic carboxylic acids is 1. The first-order valence-corrected chi connectivity index (χ1v) is 7.50. The third-order valence-corrected chi connectivity index (χ3v) is 4.67. The maximum atomic E-state index is 11.5. The number of aromatic nitrogens is 2. The molecule has 2 heterocycles. The number of hydrogen-bond acceptors (Lipinski definition) is 5. The minimum Gasteiger partial charge on any atom is -0.476 e. The summed E-state index contributed by atoms with van der Waals surface area (Å²) in [5, 5.41) is 19.4. The van der Waals surface area contributed by atoms with E-state index in [-0.39, 0.29) is 23.6 Å². The lowest BCUT2D eigenvalue weighted by Crippen LogP contribution is -2.27. The number of rotatable bonds is 3. The molecule has 0 radical (unpaired) electrons. The van der Waals surface area contributed by atoms with Gasteiger partial charge in [-0.3, -0.25) is 0 Å². The van der Waals surface area contributed by atoms with Crippen LogP contribution in [0, 0.1) is 11.8 Å². The molecule has 0 bridgehead atoms. The summed E-state index contributed by atoms with van der Waals surface area (Å²) in [5.41, 5.74) is 0.650. The summed E-state index contributed by atoms with van der Waals surface area (Å²) in [4.78, 5) is 22.0. The molecule has 6 heteroatoms. The van der Waals surface area contributed by atoms with Crippen molar-refractivity contribution in [2.75, 3.05) is 18.0 Å². The summed E-state index contributed by atoms with van der Waals surface area (Å²) in [6.07, 6.45) is 3.23. The summed E-state index contributed by atoms with van der Waals surface area (Å²) in [7, 11) is 0. The summed E-state index contributed by atoms with van der Waals surface area (Å²) < 4.78 is 0. The van der Waals surface area contributed by atoms with Gasteiger partial charge in [0.2, 0.25) is 0 Å². The fourth-order valence-corrected chi connectivity index (χ4v) is 3.49. The van der Waals surface area contributed by atoms with Crippen LogP contribution >= 0.6 is 0 Å². The molecule has 6 nitrogen and oxygen atoms in total. The Kier molecular flexibility index (Phi) is 3.57. The number of aliphatic hydroxyl groups is 1. The Bertz CT molecular complexity index is 561. The van der Waals surface area contributed by atoms with E-state index in [4.69, 9.17) is 0 Å². The van der Waals surface area contributed by atoms with Crippen molar-refractivity contribution in [3.8, 4) is 0 Å². The van der Waals surface area contributed by atoms with E-state index in [2.05, 4.69) is 9.97 Å². The van der Waals surface area contributed by atoms with Crippen molar-refractivity contribution < 1.29 is 15.0 Å². The molecular formula is C15H21N3O3. The van der Waals surface area contributed by atoms with Gasteiger partial charge in [-0.2, -0.15) is 0 Å². The fourth-order valence-electron chi connectivity index (χ4n) is 3.49. The van der Waals surface area contributed by atoms with E-state index in [9.17, 15) is 15.0 Å². The van der Waals surface area contributed by atoms with Gasteiger partial charge < -0.3 is 15.1 Å². The van der Waals surface area contributed by atoms with E-state index in [0.29, 0.717) is 24.0 Å². The number of nitrogens with zero attached hydrogens (tertiary/aromatic N) is 3. The lowest BCUT2D eigenvalue weighted by molar-refractivity contribution is 0.0690. The van der Waals surface area contributed by atoms with Crippen LogP contribution in [0.5, 0.6) is 0 Å². The Morgan fingerprint density at radius 3 is 2.76 bits per heavy atom. The molecule has 3 atom stereocenters. The molecule has 1 saturated heterocycles. The second-order valence-corrected chi connectivity index (χ2v) is 6.40. The predicted molar refractivity (Wildman–Crippen MR) is 77.5 cm³/mol. The van der Waals surface area contributed by atoms with Crippen molar-refractivity contribution in [1.29, 1.82) is 0 Å². The fraction of sp³-hybridized carbons (Fsp3) is 0.667. The number of aliphatic hydroxyl groups excluding tert-OH is 1. The Balaban J connectivity index is 1.90. The van der Waals surface area contributed by atoms with Crippen LogP contribution in [-0.4, -0.2) is 45.3 Å². The quantitative estimate of drug-likeness (QED) is 0.877. The van der Waals surface area contributed by atoms with Crippen molar-refractivity contribution >= 4 is 11.7 Å². The third kappa shape index (κ3) is 2.48. The van der Waals surface area contributed by atoms with E-state index in [1.165, 1.54) is 0 Å². The molecule has 114 valence electrons. The van der Waals surface area contributed by atoms with Crippen LogP contribution < -0.4 is 4.90 Å². The zero-order valence-corrected chi connectivity index (χ0v) is 12.4. The highest BCUT2D eigenvalue weighted by molar-refractivity contribution is 5.92. The van der Waals surface area contributed by atoms with Crippen LogP contribution in [0.2, 0.25) is 0 Å². The Hall–Kier alpha value is -1.69. The molecule has 21 heavy (non-hydrogen) atoms. The minimum atomic E-state index is -1.02. The summed E-state index contributed by atoms with van der Waals surface area (Å²) in [5.74, 6) is 0.322. The molecule has 1 aliphatic carbocycles. The number of anilines is 1. The van der Waals surface area contributed by atoms with Gasteiger partial charge in [0, 0.05) is 24.9 Å². The van der Waals surface area contributed by atoms with Gasteiger partial charge in [-0.15, -0.1) is 0 Å². The van der Waals surface area contributed by atoms with Gasteiger partial charge in [0.25, 0.3) is 0 Å². The summed E-state index contributed by atoms with van der Waals surface area (Å²) in [6, 6.07) is 0. The van der Waals surface area contributed by atoms with Gasteiger partial charge in [-0.25, -0.2) is 14.8 Å². The van der Waals surface area contributed by atoms with Crippen LogP contribution in [0.15, 0.2) is 6.20 Å². The largest absolute Gasteiger partial charge is 0.476 e. The molecule has 1 aromatic rings. The van der Waals surface area contributed by atoms with Crippen molar-refractivity contribution in [2.45, 2.75) is 38.7 Å². The number of hydrogen-bond donors (Lipinski definition) is 2. The van der Waals surface area contributed by atoms with Gasteiger partial charge in [-0.05, 0) is 18.8 Å². The van der Waals surface area contributed by atoms with Crippen molar-refractivity contribution in [3.63, 3.8) is 0 Å². The first-order valence-electron chi connectivity index (χ1n) is 7.50. The smallest absolute Gasteiger partial charge is 0.356 e. The third-order valence-electron chi connectivity index (χ3n) is 4.67. The number of carbonyl (C=O) groups is 1. The summed E-state index contributed by atoms with van der Waals surface area (Å²) in [6.45, 7) is 5.36. The molecule has 1 aromatic heterocycles. The van der Waals surface area contributed by atoms with Crippen LogP contribution in [0.25, 0.3) is 0 Å². The second kappa shape index (κ2) is 5.26. The number of fused-ring (bicyclic) bond motifs is 1. The van der Waals surface area contributed by atoms with Crippen LogP contribution in [0.1, 0.15) is 48.9 Å². The first kappa shape index (κ1) is 14.3. The highest BCUT2D eigenvalue weighted by Crippen LogP contribution is 2.40. The van der Waals surface area contributed by atoms with E-state index >= 15 is 0 Å². The SMILES string of the molecule is CC(C)c1ncc(N2CC3CCC(O)C3C2)c(C(=O)O)n1. The molecular weight excluding hydrogens is 270 g/mol. The molecule has 0 spiro atoms. The second-order valence-electron chi connectivity index (χ2n) is 6.40. The van der Waals surface area contributed by atoms with Crippen molar-refractivity contribution in [2.24, 2.45) is 11.8 Å². The van der Waals surface area contributed by atoms with Gasteiger partial charge in [0.05, 0.1) is 18.0 Å². The highest BCUT2D eigenvalue weighted by Gasteiger charge is 2.42. The number of carboxylic acids is 1. The lowest BCUT2D eigenvalue weighted by atomic mass is 10.00. The Morgan fingerprint density at radius 1 is 1.38 bits per heavy atom. The minimum absolute atomic E-state index is 0.0724. The molecule has 2 N–H and O–H groups in total. The Labute approximate surface area is 123 Å². The first-order chi connectivity index (χ1) is 9.97. The monoisotopic (exact) mass is 291 g/mol. The molecule has 1 saturated carbocycles. The highest BCUT2D eigenvalue weighted by atomic mass is 16.4. The normalized spacial score (nSPS) is 28.2. The van der Waals surface area contributed by atoms with Gasteiger partial charge in [0.15, 0.2) is 5.69 Å².